The minimum Gasteiger partial charge on any atom is -0.271 e. The number of hydrogen-bond donors (Lipinski definition) is 0. The second kappa shape index (κ2) is 5.75. The molecule has 0 atom stereocenters. The lowest BCUT2D eigenvalue weighted by Crippen LogP contribution is -2.21. The van der Waals surface area contributed by atoms with Crippen LogP contribution in [0.1, 0.15) is 18.3 Å². The summed E-state index contributed by atoms with van der Waals surface area (Å²) in [6.07, 6.45) is 4.44. The summed E-state index contributed by atoms with van der Waals surface area (Å²) in [5.74, 6) is 0.769. The Bertz CT molecular complexity index is 848. The molecule has 1 aromatic heterocycles. The Balaban J connectivity index is 2.15. The second-order valence-electron chi connectivity index (χ2n) is 4.80. The van der Waals surface area contributed by atoms with Gasteiger partial charge in [0.2, 0.25) is 0 Å². The van der Waals surface area contributed by atoms with Crippen molar-refractivity contribution in [2.75, 3.05) is 0 Å². The molecule has 3 nitrogen and oxygen atoms in total. The van der Waals surface area contributed by atoms with Crippen molar-refractivity contribution < 1.29 is 0 Å². The fourth-order valence-electron chi connectivity index (χ4n) is 2.32. The smallest absolute Gasteiger partial charge is 0.265 e. The summed E-state index contributed by atoms with van der Waals surface area (Å²) in [4.78, 5) is 17.2. The number of benzene rings is 2. The van der Waals surface area contributed by atoms with E-state index < -0.39 is 0 Å². The van der Waals surface area contributed by atoms with Crippen LogP contribution in [0.4, 0.5) is 0 Å². The van der Waals surface area contributed by atoms with Gasteiger partial charge in [-0.25, -0.2) is 4.98 Å². The van der Waals surface area contributed by atoms with E-state index in [1.807, 2.05) is 67.6 Å². The van der Waals surface area contributed by atoms with E-state index >= 15 is 0 Å². The number of hydrogen-bond acceptors (Lipinski definition) is 2. The minimum atomic E-state index is -0.0235. The first-order chi connectivity index (χ1) is 10.3. The van der Waals surface area contributed by atoms with Gasteiger partial charge >= 0.3 is 0 Å². The molecule has 3 heteroatoms. The number of para-hydroxylation sites is 1. The third-order valence-corrected chi connectivity index (χ3v) is 3.41. The van der Waals surface area contributed by atoms with Gasteiger partial charge in [-0.3, -0.25) is 9.36 Å². The zero-order valence-corrected chi connectivity index (χ0v) is 11.9. The maximum Gasteiger partial charge on any atom is 0.265 e. The first-order valence-corrected chi connectivity index (χ1v) is 7.03. The fourth-order valence-corrected chi connectivity index (χ4v) is 2.32. The Morgan fingerprint density at radius 3 is 2.52 bits per heavy atom. The summed E-state index contributed by atoms with van der Waals surface area (Å²) in [6.45, 7) is 2.00. The van der Waals surface area contributed by atoms with Gasteiger partial charge in [0.05, 0.1) is 10.9 Å². The summed E-state index contributed by atoms with van der Waals surface area (Å²) in [5, 5.41) is 0.646. The average molecular weight is 276 g/mol. The van der Waals surface area contributed by atoms with Gasteiger partial charge in [0.1, 0.15) is 5.82 Å². The predicted molar refractivity (Wildman–Crippen MR) is 87.0 cm³/mol. The lowest BCUT2D eigenvalue weighted by molar-refractivity contribution is 0.867. The van der Waals surface area contributed by atoms with Gasteiger partial charge in [0.25, 0.3) is 5.56 Å². The van der Waals surface area contributed by atoms with Gasteiger partial charge in [0, 0.05) is 12.6 Å². The number of rotatable bonds is 3. The molecule has 0 unspecified atom stereocenters. The maximum absolute atomic E-state index is 12.6. The first kappa shape index (κ1) is 13.3. The summed E-state index contributed by atoms with van der Waals surface area (Å²) in [6, 6.07) is 17.4. The van der Waals surface area contributed by atoms with Crippen molar-refractivity contribution in [1.29, 1.82) is 0 Å². The SMILES string of the molecule is CCc1nc2ccccc2c(=O)n1/C=C/c1ccccc1. The Kier molecular flexibility index (Phi) is 3.65. The lowest BCUT2D eigenvalue weighted by atomic mass is 10.2. The van der Waals surface area contributed by atoms with E-state index in [-0.39, 0.29) is 5.56 Å². The molecule has 3 aromatic rings. The molecule has 0 saturated carbocycles. The highest BCUT2D eigenvalue weighted by molar-refractivity contribution is 5.78. The number of nitrogens with zero attached hydrogens (tertiary/aromatic N) is 2. The minimum absolute atomic E-state index is 0.0235. The van der Waals surface area contributed by atoms with E-state index in [1.165, 1.54) is 0 Å². The lowest BCUT2D eigenvalue weighted by Gasteiger charge is -2.08. The fraction of sp³-hybridized carbons (Fsp3) is 0.111. The molecule has 0 saturated heterocycles. The van der Waals surface area contributed by atoms with E-state index in [0.717, 1.165) is 16.9 Å². The third kappa shape index (κ3) is 2.63. The van der Waals surface area contributed by atoms with Gasteiger partial charge in [-0.15, -0.1) is 0 Å². The molecule has 0 aliphatic rings. The Morgan fingerprint density at radius 2 is 1.76 bits per heavy atom. The van der Waals surface area contributed by atoms with Gasteiger partial charge in [-0.2, -0.15) is 0 Å². The van der Waals surface area contributed by atoms with E-state index in [4.69, 9.17) is 0 Å². The van der Waals surface area contributed by atoms with E-state index in [1.54, 1.807) is 10.8 Å². The standard InChI is InChI=1S/C18H16N2O/c1-2-17-19-16-11-7-6-10-15(16)18(21)20(17)13-12-14-8-4-3-5-9-14/h3-13H,2H2,1H3/b13-12+. The van der Waals surface area contributed by atoms with Crippen LogP contribution in [-0.4, -0.2) is 9.55 Å². The number of fused-ring (bicyclic) bond motifs is 1. The van der Waals surface area contributed by atoms with Crippen molar-refractivity contribution in [3.63, 3.8) is 0 Å². The molecular weight excluding hydrogens is 260 g/mol. The highest BCUT2D eigenvalue weighted by Gasteiger charge is 2.07. The zero-order valence-electron chi connectivity index (χ0n) is 11.9. The Morgan fingerprint density at radius 1 is 1.05 bits per heavy atom. The second-order valence-corrected chi connectivity index (χ2v) is 4.80. The van der Waals surface area contributed by atoms with Crippen LogP contribution in [0, 0.1) is 0 Å². The van der Waals surface area contributed by atoms with Gasteiger partial charge in [-0.1, -0.05) is 49.4 Å². The zero-order chi connectivity index (χ0) is 14.7. The van der Waals surface area contributed by atoms with Crippen LogP contribution in [-0.2, 0) is 6.42 Å². The first-order valence-electron chi connectivity index (χ1n) is 7.03. The molecule has 3 rings (SSSR count). The van der Waals surface area contributed by atoms with Crippen LogP contribution in [0.25, 0.3) is 23.2 Å². The molecule has 0 bridgehead atoms. The normalized spacial score (nSPS) is 11.3. The molecular formula is C18H16N2O. The highest BCUT2D eigenvalue weighted by atomic mass is 16.1. The van der Waals surface area contributed by atoms with Crippen LogP contribution in [0.15, 0.2) is 59.4 Å². The van der Waals surface area contributed by atoms with E-state index in [0.29, 0.717) is 11.8 Å². The number of aromatic nitrogens is 2. The molecule has 104 valence electrons. The van der Waals surface area contributed by atoms with Crippen molar-refractivity contribution >= 4 is 23.2 Å². The maximum atomic E-state index is 12.6. The average Bonchev–Trinajstić information content (AvgIpc) is 2.55. The quantitative estimate of drug-likeness (QED) is 0.732. The number of aryl methyl sites for hydroxylation is 1. The third-order valence-electron chi connectivity index (χ3n) is 3.41. The van der Waals surface area contributed by atoms with Crippen LogP contribution in [0.2, 0.25) is 0 Å². The molecule has 0 aliphatic carbocycles. The largest absolute Gasteiger partial charge is 0.271 e. The molecule has 0 amide bonds. The monoisotopic (exact) mass is 276 g/mol. The summed E-state index contributed by atoms with van der Waals surface area (Å²) >= 11 is 0. The van der Waals surface area contributed by atoms with Crippen molar-refractivity contribution in [3.05, 3.63) is 76.3 Å². The molecule has 2 aromatic carbocycles. The van der Waals surface area contributed by atoms with Crippen LogP contribution in [0.5, 0.6) is 0 Å². The molecule has 0 aliphatic heterocycles. The van der Waals surface area contributed by atoms with E-state index in [2.05, 4.69) is 4.98 Å². The Labute approximate surface area is 123 Å². The Hall–Kier alpha value is -2.68. The van der Waals surface area contributed by atoms with E-state index in [9.17, 15) is 4.79 Å². The van der Waals surface area contributed by atoms with Crippen LogP contribution in [0.3, 0.4) is 0 Å². The topological polar surface area (TPSA) is 34.9 Å². The molecule has 21 heavy (non-hydrogen) atoms. The van der Waals surface area contributed by atoms with Gasteiger partial charge in [0.15, 0.2) is 0 Å². The van der Waals surface area contributed by atoms with Crippen molar-refractivity contribution in [3.8, 4) is 0 Å². The van der Waals surface area contributed by atoms with Crippen molar-refractivity contribution in [2.45, 2.75) is 13.3 Å². The molecule has 0 fully saturated rings. The summed E-state index contributed by atoms with van der Waals surface area (Å²) in [7, 11) is 0. The van der Waals surface area contributed by atoms with Crippen molar-refractivity contribution in [1.82, 2.24) is 9.55 Å². The van der Waals surface area contributed by atoms with Gasteiger partial charge < -0.3 is 0 Å². The predicted octanol–water partition coefficient (Wildman–Crippen LogP) is 3.59. The van der Waals surface area contributed by atoms with Crippen LogP contribution < -0.4 is 5.56 Å². The highest BCUT2D eigenvalue weighted by Crippen LogP contribution is 2.10. The molecule has 0 N–H and O–H groups in total. The van der Waals surface area contributed by atoms with Crippen LogP contribution >= 0.6 is 0 Å². The summed E-state index contributed by atoms with van der Waals surface area (Å²) in [5.41, 5.74) is 1.79. The molecule has 0 spiro atoms. The molecule has 1 heterocycles. The van der Waals surface area contributed by atoms with Crippen molar-refractivity contribution in [2.24, 2.45) is 0 Å². The molecule has 0 radical (unpaired) electrons. The van der Waals surface area contributed by atoms with Gasteiger partial charge in [-0.05, 0) is 23.8 Å². The summed E-state index contributed by atoms with van der Waals surface area (Å²) < 4.78 is 1.63.